The van der Waals surface area contributed by atoms with E-state index in [1.807, 2.05) is 13.0 Å². The van der Waals surface area contributed by atoms with Gasteiger partial charge >= 0.3 is 15.2 Å². The van der Waals surface area contributed by atoms with Crippen LogP contribution in [0.25, 0.3) is 0 Å². The lowest BCUT2D eigenvalue weighted by Gasteiger charge is -2.34. The molecule has 1 unspecified atom stereocenters. The summed E-state index contributed by atoms with van der Waals surface area (Å²) >= 11 is 0. The van der Waals surface area contributed by atoms with Crippen LogP contribution in [0.4, 0.5) is 0 Å². The van der Waals surface area contributed by atoms with Gasteiger partial charge in [-0.25, -0.2) is 4.89 Å². The zero-order valence-corrected chi connectivity index (χ0v) is 24.5. The van der Waals surface area contributed by atoms with Crippen molar-refractivity contribution < 1.29 is 33.4 Å². The maximum Gasteiger partial charge on any atom is 0.373 e. The summed E-state index contributed by atoms with van der Waals surface area (Å²) in [4.78, 5) is 32.1. The van der Waals surface area contributed by atoms with Crippen LogP contribution in [0.5, 0.6) is 0 Å². The van der Waals surface area contributed by atoms with Gasteiger partial charge in [-0.05, 0) is 92.4 Å². The summed E-state index contributed by atoms with van der Waals surface area (Å²) in [6.07, 6.45) is 15.1. The Morgan fingerprint density at radius 2 is 1.11 bits per heavy atom. The van der Waals surface area contributed by atoms with Crippen LogP contribution in [-0.4, -0.2) is 26.2 Å². The van der Waals surface area contributed by atoms with Crippen molar-refractivity contribution >= 4 is 15.2 Å². The molecule has 0 saturated heterocycles. The van der Waals surface area contributed by atoms with Crippen LogP contribution in [-0.2, 0) is 18.7 Å². The second kappa shape index (κ2) is 16.9. The fourth-order valence-electron chi connectivity index (χ4n) is 3.74. The number of allylic oxidation sites excluding steroid dienone is 7. The van der Waals surface area contributed by atoms with Crippen LogP contribution in [0.3, 0.4) is 0 Å². The van der Waals surface area contributed by atoms with Crippen molar-refractivity contribution in [2.75, 3.05) is 6.61 Å². The average molecular weight is 535 g/mol. The summed E-state index contributed by atoms with van der Waals surface area (Å²) in [5.74, 6) is 0. The van der Waals surface area contributed by atoms with Gasteiger partial charge in [0.15, 0.2) is 4.90 Å². The maximum absolute atomic E-state index is 12.5. The Hall–Kier alpha value is -0.780. The first kappa shape index (κ1) is 34.2. The quantitative estimate of drug-likeness (QED) is 0.0532. The Labute approximate surface area is 213 Å². The first-order valence-electron chi connectivity index (χ1n) is 12.5. The molecule has 0 aromatic rings. The molecule has 0 aliphatic carbocycles. The van der Waals surface area contributed by atoms with E-state index in [1.165, 1.54) is 36.1 Å². The molecule has 0 aromatic heterocycles. The smallest absolute Gasteiger partial charge is 0.324 e. The molecule has 9 heteroatoms. The lowest BCUT2D eigenvalue weighted by molar-refractivity contribution is -0.213. The molecule has 204 valence electrons. The molecule has 7 nitrogen and oxygen atoms in total. The van der Waals surface area contributed by atoms with Gasteiger partial charge < -0.3 is 14.7 Å². The highest BCUT2D eigenvalue weighted by Gasteiger charge is 2.59. The standard InChI is InChI=1S/C26H48O7P2/c1-8-26(9-2,34(27,28)29)35(30,31)33-32-21-13-20-25(7)19-12-18-24(6)17-11-16-23(5)15-10-14-22(3)4/h14,16,18,20H,8-13,15,17,19,21H2,1-7H3,(H,30,31)(H2,27,28,29). The molecular formula is C26H48O7P2. The van der Waals surface area contributed by atoms with Crippen LogP contribution in [0, 0.1) is 0 Å². The van der Waals surface area contributed by atoms with Gasteiger partial charge in [0, 0.05) is 0 Å². The molecule has 0 spiro atoms. The molecule has 0 aromatic carbocycles. The molecule has 3 N–H and O–H groups in total. The summed E-state index contributed by atoms with van der Waals surface area (Å²) in [6, 6.07) is 0. The van der Waals surface area contributed by atoms with E-state index >= 15 is 0 Å². The summed E-state index contributed by atoms with van der Waals surface area (Å²) in [7, 11) is -9.58. The number of hydrogen-bond acceptors (Lipinski definition) is 4. The van der Waals surface area contributed by atoms with E-state index in [4.69, 9.17) is 4.89 Å². The first-order chi connectivity index (χ1) is 16.2. The van der Waals surface area contributed by atoms with Gasteiger partial charge in [-0.2, -0.15) is 0 Å². The lowest BCUT2D eigenvalue weighted by atomic mass is 10.0. The minimum Gasteiger partial charge on any atom is -0.324 e. The van der Waals surface area contributed by atoms with E-state index in [-0.39, 0.29) is 19.4 Å². The molecule has 35 heavy (non-hydrogen) atoms. The van der Waals surface area contributed by atoms with Crippen LogP contribution in [0.1, 0.15) is 106 Å². The first-order valence-corrected chi connectivity index (χ1v) is 15.7. The third-order valence-corrected chi connectivity index (χ3v) is 11.5. The Bertz CT molecular complexity index is 842. The van der Waals surface area contributed by atoms with Crippen LogP contribution in [0.2, 0.25) is 0 Å². The highest BCUT2D eigenvalue weighted by molar-refractivity contribution is 7.72. The Kier molecular flexibility index (Phi) is 16.5. The summed E-state index contributed by atoms with van der Waals surface area (Å²) in [6.45, 7) is 13.5. The zero-order valence-electron chi connectivity index (χ0n) is 22.7. The van der Waals surface area contributed by atoms with Crippen LogP contribution >= 0.6 is 15.2 Å². The summed E-state index contributed by atoms with van der Waals surface area (Å²) in [5, 5.41) is 0. The van der Waals surface area contributed by atoms with Gasteiger partial charge in [0.25, 0.3) is 0 Å². The molecule has 0 radical (unpaired) electrons. The molecule has 0 rings (SSSR count). The highest BCUT2D eigenvalue weighted by Crippen LogP contribution is 2.74. The van der Waals surface area contributed by atoms with Crippen molar-refractivity contribution in [1.82, 2.24) is 0 Å². The largest absolute Gasteiger partial charge is 0.373 e. The monoisotopic (exact) mass is 534 g/mol. The van der Waals surface area contributed by atoms with Crippen molar-refractivity contribution in [2.24, 2.45) is 0 Å². The van der Waals surface area contributed by atoms with Gasteiger partial charge in [-0.3, -0.25) is 9.13 Å². The van der Waals surface area contributed by atoms with Crippen molar-refractivity contribution in [2.45, 2.75) is 111 Å². The van der Waals surface area contributed by atoms with Gasteiger partial charge in [0.1, 0.15) is 0 Å². The van der Waals surface area contributed by atoms with Crippen LogP contribution in [0.15, 0.2) is 46.6 Å². The fourth-order valence-corrected chi connectivity index (χ4v) is 7.14. The molecular weight excluding hydrogens is 486 g/mol. The third-order valence-electron chi connectivity index (χ3n) is 6.20. The van der Waals surface area contributed by atoms with E-state index in [0.717, 1.165) is 38.5 Å². The molecule has 1 atom stereocenters. The molecule has 0 heterocycles. The zero-order chi connectivity index (χ0) is 27.1. The Morgan fingerprint density at radius 1 is 0.714 bits per heavy atom. The van der Waals surface area contributed by atoms with Crippen molar-refractivity contribution in [3.05, 3.63) is 46.6 Å². The Morgan fingerprint density at radius 3 is 1.49 bits per heavy atom. The van der Waals surface area contributed by atoms with E-state index in [9.17, 15) is 23.8 Å². The van der Waals surface area contributed by atoms with Gasteiger partial charge in [0.2, 0.25) is 0 Å². The second-order valence-electron chi connectivity index (χ2n) is 9.49. The minimum absolute atomic E-state index is 0.0146. The van der Waals surface area contributed by atoms with Crippen LogP contribution < -0.4 is 0 Å². The minimum atomic E-state index is -4.88. The molecule has 0 amide bonds. The molecule has 0 bridgehead atoms. The predicted molar refractivity (Wildman–Crippen MR) is 145 cm³/mol. The van der Waals surface area contributed by atoms with E-state index in [1.54, 1.807) is 0 Å². The van der Waals surface area contributed by atoms with Gasteiger partial charge in [0.05, 0.1) is 6.61 Å². The molecule has 0 saturated carbocycles. The van der Waals surface area contributed by atoms with Crippen molar-refractivity contribution in [3.63, 3.8) is 0 Å². The van der Waals surface area contributed by atoms with Crippen molar-refractivity contribution in [1.29, 1.82) is 0 Å². The van der Waals surface area contributed by atoms with E-state index < -0.39 is 20.1 Å². The average Bonchev–Trinajstić information content (AvgIpc) is 2.73. The molecule has 0 fully saturated rings. The summed E-state index contributed by atoms with van der Waals surface area (Å²) < 4.78 is 29.0. The molecule has 0 aliphatic heterocycles. The topological polar surface area (TPSA) is 113 Å². The maximum atomic E-state index is 12.5. The van der Waals surface area contributed by atoms with Gasteiger partial charge in [-0.15, -0.1) is 4.67 Å². The number of rotatable bonds is 18. The normalized spacial score (nSPS) is 15.8. The SMILES string of the molecule is CCC(CC)(P(=O)(O)O)P(=O)(O)OOCCC=C(C)CCC=C(C)CCC=C(C)CCC=C(C)C. The van der Waals surface area contributed by atoms with Gasteiger partial charge in [-0.1, -0.05) is 60.4 Å². The van der Waals surface area contributed by atoms with E-state index in [0.29, 0.717) is 6.42 Å². The highest BCUT2D eigenvalue weighted by atomic mass is 31.2. The van der Waals surface area contributed by atoms with Crippen molar-refractivity contribution in [3.8, 4) is 0 Å². The fraction of sp³-hybridized carbons (Fsp3) is 0.692. The van der Waals surface area contributed by atoms with E-state index in [2.05, 4.69) is 50.6 Å². The summed E-state index contributed by atoms with van der Waals surface area (Å²) in [5.41, 5.74) is 5.36. The third kappa shape index (κ3) is 12.8. The number of hydrogen-bond donors (Lipinski definition) is 3. The predicted octanol–water partition coefficient (Wildman–Crippen LogP) is 8.35. The lowest BCUT2D eigenvalue weighted by Crippen LogP contribution is -2.28. The Balaban J connectivity index is 4.41. The molecule has 0 aliphatic rings. The second-order valence-corrected chi connectivity index (χ2v) is 13.8.